The number of primary amides is 1. The van der Waals surface area contributed by atoms with Crippen molar-refractivity contribution in [2.45, 2.75) is 167 Å². The summed E-state index contributed by atoms with van der Waals surface area (Å²) in [5, 5.41) is 40.1. The molecular formula is C45H73N7O14. The van der Waals surface area contributed by atoms with Crippen LogP contribution in [0, 0.1) is 23.7 Å². The zero-order valence-corrected chi connectivity index (χ0v) is 38.8. The molecule has 0 bridgehead atoms. The number of nitrogens with zero attached hydrogens (tertiary/aromatic N) is 1. The molecule has 9 atom stereocenters. The minimum atomic E-state index is -1.40. The molecular weight excluding hydrogens is 863 g/mol. The summed E-state index contributed by atoms with van der Waals surface area (Å²) in [4.78, 5) is 143. The van der Waals surface area contributed by atoms with E-state index in [9.17, 15) is 68.1 Å². The van der Waals surface area contributed by atoms with Crippen molar-refractivity contribution < 1.29 is 68.1 Å². The Morgan fingerprint density at radius 2 is 1.48 bits per heavy atom. The van der Waals surface area contributed by atoms with Crippen molar-refractivity contribution in [3.8, 4) is 0 Å². The summed E-state index contributed by atoms with van der Waals surface area (Å²) in [6.45, 7) is 6.74. The Balaban J connectivity index is 1.95. The lowest BCUT2D eigenvalue weighted by Crippen LogP contribution is -2.46. The Hall–Kier alpha value is -4.99. The van der Waals surface area contributed by atoms with Gasteiger partial charge in [-0.2, -0.15) is 0 Å². The van der Waals surface area contributed by atoms with Crippen LogP contribution in [-0.2, 0) is 52.7 Å². The molecule has 2 heterocycles. The van der Waals surface area contributed by atoms with Crippen LogP contribution in [0.25, 0.3) is 0 Å². The Morgan fingerprint density at radius 3 is 2.08 bits per heavy atom. The molecule has 21 heteroatoms. The molecule has 0 aromatic heterocycles. The maximum Gasteiger partial charge on any atom is 0.306 e. The summed E-state index contributed by atoms with van der Waals surface area (Å²) in [7, 11) is 0. The number of rotatable bonds is 33. The van der Waals surface area contributed by atoms with Crippen LogP contribution in [-0.4, -0.2) is 147 Å². The highest BCUT2D eigenvalue weighted by Gasteiger charge is 2.37. The number of likely N-dealkylation sites (tertiary alicyclic amines) is 1. The van der Waals surface area contributed by atoms with Gasteiger partial charge in [-0.25, -0.2) is 0 Å². The number of ketones is 5. The van der Waals surface area contributed by atoms with Gasteiger partial charge in [-0.15, -0.1) is 0 Å². The first-order chi connectivity index (χ1) is 31.0. The van der Waals surface area contributed by atoms with E-state index in [1.807, 2.05) is 13.8 Å². The van der Waals surface area contributed by atoms with E-state index in [0.717, 1.165) is 0 Å². The second-order valence-corrected chi connectivity index (χ2v) is 18.2. The van der Waals surface area contributed by atoms with E-state index in [1.165, 1.54) is 18.7 Å². The third-order valence-electron chi connectivity index (χ3n) is 12.1. The highest BCUT2D eigenvalue weighted by Crippen LogP contribution is 2.25. The standard InChI is InChI=1S/C45H73N7O14/c1-25(2)18-29(43(63)50-26(3)36(56)12-15-42(62)52-17-7-9-35(52)39(59)20-28(45(65)66)8-5-6-16-46)19-30(54)24-49-44(64)32(27(4)53)22-38(58)33(10-13-40(47)60)51-41(61)14-11-37(57)34-21-31(55)23-48-34/h25-29,31-35,48,53,55H,5-24,46H2,1-4H3,(H2,47,60)(H,49,64)(H,50,63)(H,51,61)(H,65,66)/t26-,27?,28+,29+,31+,32-,33-,34-,35-/m0/s1. The maximum atomic E-state index is 13.4. The predicted octanol–water partition coefficient (Wildman–Crippen LogP) is -0.863. The summed E-state index contributed by atoms with van der Waals surface area (Å²) in [6.07, 6.45) is -1.80. The van der Waals surface area contributed by atoms with Gasteiger partial charge in [-0.1, -0.05) is 20.3 Å². The molecule has 2 rings (SSSR count). The van der Waals surface area contributed by atoms with Gasteiger partial charge in [-0.3, -0.25) is 52.7 Å². The molecule has 2 aliphatic heterocycles. The zero-order valence-electron chi connectivity index (χ0n) is 38.8. The predicted molar refractivity (Wildman–Crippen MR) is 238 cm³/mol. The molecule has 11 N–H and O–H groups in total. The Kier molecular flexibility index (Phi) is 25.0. The first kappa shape index (κ1) is 57.1. The van der Waals surface area contributed by atoms with Crippen LogP contribution in [0.4, 0.5) is 0 Å². The number of aliphatic hydroxyl groups excluding tert-OH is 2. The molecule has 0 spiro atoms. The van der Waals surface area contributed by atoms with Crippen LogP contribution in [0.5, 0.6) is 0 Å². The van der Waals surface area contributed by atoms with Gasteiger partial charge in [0.15, 0.2) is 23.1 Å². The van der Waals surface area contributed by atoms with Crippen molar-refractivity contribution in [2.75, 3.05) is 26.2 Å². The fourth-order valence-electron chi connectivity index (χ4n) is 8.23. The van der Waals surface area contributed by atoms with Crippen LogP contribution in [0.3, 0.4) is 0 Å². The average Bonchev–Trinajstić information content (AvgIpc) is 3.93. The summed E-state index contributed by atoms with van der Waals surface area (Å²) < 4.78 is 0. The smallest absolute Gasteiger partial charge is 0.306 e. The molecule has 2 saturated heterocycles. The third kappa shape index (κ3) is 20.3. The lowest BCUT2D eigenvalue weighted by molar-refractivity contribution is -0.145. The number of aliphatic carboxylic acids is 1. The van der Waals surface area contributed by atoms with Crippen LogP contribution in [0.15, 0.2) is 0 Å². The second-order valence-electron chi connectivity index (χ2n) is 18.2. The van der Waals surface area contributed by atoms with Crippen LogP contribution in [0.2, 0.25) is 0 Å². The van der Waals surface area contributed by atoms with E-state index in [4.69, 9.17) is 11.5 Å². The lowest BCUT2D eigenvalue weighted by atomic mass is 9.90. The van der Waals surface area contributed by atoms with Gasteiger partial charge in [0.2, 0.25) is 29.5 Å². The first-order valence-electron chi connectivity index (χ1n) is 23.1. The average molecular weight is 936 g/mol. The molecule has 1 unspecified atom stereocenters. The van der Waals surface area contributed by atoms with Gasteiger partial charge >= 0.3 is 5.97 Å². The Morgan fingerprint density at radius 1 is 0.788 bits per heavy atom. The molecule has 0 aromatic rings. The number of Topliss-reactive ketones (excluding diaryl/α,β-unsaturated/α-hetero) is 5. The van der Waals surface area contributed by atoms with Gasteiger partial charge < -0.3 is 53.0 Å². The monoisotopic (exact) mass is 936 g/mol. The van der Waals surface area contributed by atoms with Crippen molar-refractivity contribution >= 4 is 64.4 Å². The molecule has 66 heavy (non-hydrogen) atoms. The van der Waals surface area contributed by atoms with Crippen molar-refractivity contribution in [2.24, 2.45) is 35.1 Å². The molecule has 0 aromatic carbocycles. The van der Waals surface area contributed by atoms with Crippen LogP contribution >= 0.6 is 0 Å². The van der Waals surface area contributed by atoms with Gasteiger partial charge in [0.25, 0.3) is 0 Å². The molecule has 372 valence electrons. The van der Waals surface area contributed by atoms with E-state index in [2.05, 4.69) is 21.3 Å². The van der Waals surface area contributed by atoms with Crippen molar-refractivity contribution in [1.29, 1.82) is 0 Å². The fraction of sp³-hybridized carbons (Fsp3) is 0.756. The van der Waals surface area contributed by atoms with Gasteiger partial charge in [0.1, 0.15) is 5.78 Å². The summed E-state index contributed by atoms with van der Waals surface area (Å²) in [5.74, 6) is -10.0. The largest absolute Gasteiger partial charge is 0.481 e. The summed E-state index contributed by atoms with van der Waals surface area (Å²) in [6, 6.07) is -3.71. The quantitative estimate of drug-likeness (QED) is 0.0362. The molecule has 5 amide bonds. The van der Waals surface area contributed by atoms with E-state index in [1.54, 1.807) is 0 Å². The van der Waals surface area contributed by atoms with Crippen molar-refractivity contribution in [3.05, 3.63) is 0 Å². The number of carboxylic acids is 1. The number of amides is 5. The molecule has 2 aliphatic rings. The molecule has 0 saturated carbocycles. The number of hydrogen-bond acceptors (Lipinski definition) is 15. The Bertz CT molecular complexity index is 1740. The van der Waals surface area contributed by atoms with E-state index >= 15 is 0 Å². The minimum Gasteiger partial charge on any atom is -0.481 e. The highest BCUT2D eigenvalue weighted by molar-refractivity contribution is 5.97. The number of carbonyl (C=O) groups is 11. The first-order valence-corrected chi connectivity index (χ1v) is 23.1. The zero-order chi connectivity index (χ0) is 49.7. The number of carboxylic acid groups (broad SMARTS) is 1. The maximum absolute atomic E-state index is 13.4. The topological polar surface area (TPSA) is 352 Å². The Labute approximate surface area is 386 Å². The fourth-order valence-corrected chi connectivity index (χ4v) is 8.23. The molecule has 21 nitrogen and oxygen atoms in total. The summed E-state index contributed by atoms with van der Waals surface area (Å²) in [5.41, 5.74) is 10.8. The normalized spacial score (nSPS) is 19.8. The van der Waals surface area contributed by atoms with Crippen molar-refractivity contribution in [1.82, 2.24) is 26.2 Å². The van der Waals surface area contributed by atoms with E-state index < -0.39 is 120 Å². The molecule has 0 aliphatic carbocycles. The third-order valence-corrected chi connectivity index (χ3v) is 12.1. The van der Waals surface area contributed by atoms with Gasteiger partial charge in [0, 0.05) is 70.4 Å². The molecule has 2 fully saturated rings. The minimum absolute atomic E-state index is 0.0629. The van der Waals surface area contributed by atoms with Crippen LogP contribution in [0.1, 0.15) is 130 Å². The number of β-amino-alcohol motifs (C(OH)–C–C–N with tert-alkyl or cyclic N) is 1. The second kappa shape index (κ2) is 28.9. The van der Waals surface area contributed by atoms with Gasteiger partial charge in [-0.05, 0) is 71.3 Å². The SMILES string of the molecule is CC(C)C[C@H](CC(=O)CNC(=O)[C@@H](CC(=O)[C@H](CCC(N)=O)NC(=O)CCC(=O)[C@@H]1C[C@@H](O)CN1)C(C)O)C(=O)N[C@@H](C)C(=O)CCC(=O)N1CCC[C@H]1C(=O)C[C@@H](CCCCN)C(=O)O. The number of nitrogens with two attached hydrogens (primary N) is 2. The summed E-state index contributed by atoms with van der Waals surface area (Å²) >= 11 is 0. The van der Waals surface area contributed by atoms with E-state index in [-0.39, 0.29) is 88.2 Å². The number of carbonyl (C=O) groups excluding carboxylic acids is 10. The number of unbranched alkanes of at least 4 members (excludes halogenated alkanes) is 1. The number of aliphatic hydroxyl groups is 2. The van der Waals surface area contributed by atoms with Crippen LogP contribution < -0.4 is 32.7 Å². The van der Waals surface area contributed by atoms with Gasteiger partial charge in [0.05, 0.1) is 54.8 Å². The number of hydrogen-bond donors (Lipinski definition) is 9. The van der Waals surface area contributed by atoms with Crippen molar-refractivity contribution in [3.63, 3.8) is 0 Å². The lowest BCUT2D eigenvalue weighted by Gasteiger charge is -2.25. The molecule has 0 radical (unpaired) electrons. The number of nitrogens with one attached hydrogen (secondary N) is 4. The highest BCUT2D eigenvalue weighted by atomic mass is 16.4. The van der Waals surface area contributed by atoms with E-state index in [0.29, 0.717) is 45.2 Å².